The summed E-state index contributed by atoms with van der Waals surface area (Å²) in [6.07, 6.45) is 9.34. The van der Waals surface area contributed by atoms with Crippen LogP contribution in [0.2, 0.25) is 0 Å². The average molecular weight is 569 g/mol. The third-order valence-electron chi connectivity index (χ3n) is 8.45. The number of hydrogen-bond donors (Lipinski definition) is 1. The van der Waals surface area contributed by atoms with Crippen LogP contribution in [0.15, 0.2) is 49.2 Å². The number of likely N-dealkylation sites (tertiary alicyclic amines) is 1. The van der Waals surface area contributed by atoms with Gasteiger partial charge in [0.2, 0.25) is 0 Å². The maximum atomic E-state index is 13.5. The molecule has 11 heteroatoms. The zero-order valence-corrected chi connectivity index (χ0v) is 24.1. The average Bonchev–Trinajstić information content (AvgIpc) is 3.36. The largest absolute Gasteiger partial charge is 0.494 e. The van der Waals surface area contributed by atoms with Gasteiger partial charge in [0.1, 0.15) is 42.0 Å². The van der Waals surface area contributed by atoms with Crippen LogP contribution in [0.25, 0.3) is 27.8 Å². The number of piperidine rings is 1. The summed E-state index contributed by atoms with van der Waals surface area (Å²) in [5.74, 6) is 2.05. The molecular weight excluding hydrogens is 532 g/mol. The van der Waals surface area contributed by atoms with Crippen LogP contribution in [-0.4, -0.2) is 72.6 Å². The van der Waals surface area contributed by atoms with E-state index in [0.717, 1.165) is 58.5 Å². The molecule has 0 spiro atoms. The van der Waals surface area contributed by atoms with Gasteiger partial charge in [-0.05, 0) is 56.7 Å². The van der Waals surface area contributed by atoms with Gasteiger partial charge in [-0.2, -0.15) is 10.2 Å². The van der Waals surface area contributed by atoms with E-state index in [1.165, 1.54) is 19.2 Å². The Morgan fingerprint density at radius 3 is 2.79 bits per heavy atom. The zero-order chi connectivity index (χ0) is 28.8. The van der Waals surface area contributed by atoms with Crippen molar-refractivity contribution in [1.29, 1.82) is 0 Å². The highest BCUT2D eigenvalue weighted by Gasteiger charge is 2.28. The SMILES string of the molecule is COc1cc(C(=O)N2CCCC(N)C2)cn2nc(-c3cc4cccc(OCCn5cncn5)c4n3CC3CC3)c(C)c12. The molecule has 1 saturated carbocycles. The molecule has 1 aliphatic heterocycles. The van der Waals surface area contributed by atoms with Gasteiger partial charge in [0.15, 0.2) is 0 Å². The number of aryl methyl sites for hydroxylation is 1. The van der Waals surface area contributed by atoms with Crippen molar-refractivity contribution in [3.8, 4) is 22.9 Å². The van der Waals surface area contributed by atoms with Gasteiger partial charge in [0, 0.05) is 42.8 Å². The van der Waals surface area contributed by atoms with Gasteiger partial charge in [-0.25, -0.2) is 14.2 Å². The minimum Gasteiger partial charge on any atom is -0.494 e. The number of hydrogen-bond acceptors (Lipinski definition) is 7. The highest BCUT2D eigenvalue weighted by atomic mass is 16.5. The summed E-state index contributed by atoms with van der Waals surface area (Å²) in [5, 5.41) is 10.3. The van der Waals surface area contributed by atoms with E-state index in [2.05, 4.69) is 33.7 Å². The predicted molar refractivity (Wildman–Crippen MR) is 159 cm³/mol. The molecule has 5 aromatic rings. The van der Waals surface area contributed by atoms with E-state index in [1.54, 1.807) is 22.6 Å². The quantitative estimate of drug-likeness (QED) is 0.286. The van der Waals surface area contributed by atoms with E-state index in [1.807, 2.05) is 29.3 Å². The smallest absolute Gasteiger partial charge is 0.255 e. The third-order valence-corrected chi connectivity index (χ3v) is 8.45. The summed E-state index contributed by atoms with van der Waals surface area (Å²) in [7, 11) is 1.64. The lowest BCUT2D eigenvalue weighted by Crippen LogP contribution is -2.45. The Labute approximate surface area is 243 Å². The number of carbonyl (C=O) groups excluding carboxylic acids is 1. The summed E-state index contributed by atoms with van der Waals surface area (Å²) in [5.41, 5.74) is 11.5. The predicted octanol–water partition coefficient (Wildman–Crippen LogP) is 3.92. The Bertz CT molecular complexity index is 1750. The van der Waals surface area contributed by atoms with Crippen molar-refractivity contribution in [2.45, 2.75) is 51.7 Å². The van der Waals surface area contributed by atoms with Crippen LogP contribution < -0.4 is 15.2 Å². The first-order valence-electron chi connectivity index (χ1n) is 14.7. The van der Waals surface area contributed by atoms with Gasteiger partial charge in [-0.3, -0.25) is 4.79 Å². The van der Waals surface area contributed by atoms with Gasteiger partial charge >= 0.3 is 0 Å². The first kappa shape index (κ1) is 26.5. The Balaban J connectivity index is 1.29. The van der Waals surface area contributed by atoms with E-state index in [0.29, 0.717) is 43.5 Å². The minimum atomic E-state index is -0.0458. The number of methoxy groups -OCH3 is 1. The van der Waals surface area contributed by atoms with Gasteiger partial charge in [0.05, 0.1) is 30.4 Å². The minimum absolute atomic E-state index is 0.0108. The molecule has 1 aliphatic carbocycles. The van der Waals surface area contributed by atoms with Crippen molar-refractivity contribution < 1.29 is 14.3 Å². The number of benzene rings is 1. The molecule has 1 aromatic carbocycles. The number of carbonyl (C=O) groups is 1. The summed E-state index contributed by atoms with van der Waals surface area (Å²) < 4.78 is 18.1. The van der Waals surface area contributed by atoms with E-state index in [4.69, 9.17) is 20.3 Å². The van der Waals surface area contributed by atoms with E-state index >= 15 is 0 Å². The van der Waals surface area contributed by atoms with Gasteiger partial charge in [-0.1, -0.05) is 12.1 Å². The molecule has 1 amide bonds. The highest BCUT2D eigenvalue weighted by Crippen LogP contribution is 2.40. The van der Waals surface area contributed by atoms with Crippen molar-refractivity contribution >= 4 is 22.3 Å². The maximum Gasteiger partial charge on any atom is 0.255 e. The lowest BCUT2D eigenvalue weighted by Gasteiger charge is -2.30. The summed E-state index contributed by atoms with van der Waals surface area (Å²) >= 11 is 0. The number of rotatable bonds is 9. The van der Waals surface area contributed by atoms with Gasteiger partial charge < -0.3 is 24.7 Å². The summed E-state index contributed by atoms with van der Waals surface area (Å²) in [4.78, 5) is 19.3. The maximum absolute atomic E-state index is 13.5. The van der Waals surface area contributed by atoms with Crippen molar-refractivity contribution in [1.82, 2.24) is 33.8 Å². The van der Waals surface area contributed by atoms with Crippen LogP contribution >= 0.6 is 0 Å². The molecule has 2 aliphatic rings. The molecule has 0 bridgehead atoms. The molecule has 2 N–H and O–H groups in total. The number of nitrogens with two attached hydrogens (primary N) is 1. The van der Waals surface area contributed by atoms with Gasteiger partial charge in [0.25, 0.3) is 5.91 Å². The van der Waals surface area contributed by atoms with Crippen molar-refractivity contribution in [3.63, 3.8) is 0 Å². The van der Waals surface area contributed by atoms with Crippen molar-refractivity contribution in [2.24, 2.45) is 11.7 Å². The van der Waals surface area contributed by atoms with Crippen LogP contribution in [0, 0.1) is 12.8 Å². The lowest BCUT2D eigenvalue weighted by atomic mass is 10.1. The Morgan fingerprint density at radius 2 is 2.02 bits per heavy atom. The topological polar surface area (TPSA) is 118 Å². The standard InChI is InChI=1S/C31H36N8O3/c1-20-28(35-39-16-23(14-27(41-2)29(20)39)31(40)36-10-4-6-24(32)17-36)25-13-22-5-3-7-26(30(22)38(25)15-21-8-9-21)42-12-11-37-19-33-18-34-37/h3,5,7,13-14,16,18-19,21,24H,4,6,8-12,15,17,32H2,1-2H3. The molecule has 7 rings (SSSR count). The number of pyridine rings is 1. The molecule has 2 fully saturated rings. The fraction of sp³-hybridized carbons (Fsp3) is 0.419. The highest BCUT2D eigenvalue weighted by molar-refractivity contribution is 5.96. The Hall–Kier alpha value is -4.38. The summed E-state index contributed by atoms with van der Waals surface area (Å²) in [6, 6.07) is 10.2. The number of para-hydroxylation sites is 1. The fourth-order valence-electron chi connectivity index (χ4n) is 6.13. The third kappa shape index (κ3) is 4.87. The molecule has 218 valence electrons. The van der Waals surface area contributed by atoms with Crippen LogP contribution in [0.1, 0.15) is 41.6 Å². The van der Waals surface area contributed by atoms with E-state index in [9.17, 15) is 4.79 Å². The second-order valence-electron chi connectivity index (χ2n) is 11.5. The molecule has 1 saturated heterocycles. The van der Waals surface area contributed by atoms with E-state index in [-0.39, 0.29) is 11.9 Å². The molecule has 5 heterocycles. The molecule has 0 radical (unpaired) electrons. The molecular formula is C31H36N8O3. The van der Waals surface area contributed by atoms with Crippen molar-refractivity contribution in [2.75, 3.05) is 26.8 Å². The normalized spacial score (nSPS) is 17.3. The zero-order valence-electron chi connectivity index (χ0n) is 24.1. The van der Waals surface area contributed by atoms with Crippen LogP contribution in [0.3, 0.4) is 0 Å². The first-order chi connectivity index (χ1) is 20.5. The monoisotopic (exact) mass is 568 g/mol. The number of ether oxygens (including phenoxy) is 2. The first-order valence-corrected chi connectivity index (χ1v) is 14.7. The molecule has 1 unspecified atom stereocenters. The van der Waals surface area contributed by atoms with Crippen molar-refractivity contribution in [3.05, 3.63) is 60.3 Å². The molecule has 4 aromatic heterocycles. The number of fused-ring (bicyclic) bond motifs is 2. The van der Waals surface area contributed by atoms with Crippen LogP contribution in [0.5, 0.6) is 11.5 Å². The van der Waals surface area contributed by atoms with Crippen LogP contribution in [0.4, 0.5) is 0 Å². The number of amides is 1. The second-order valence-corrected chi connectivity index (χ2v) is 11.5. The fourth-order valence-corrected chi connectivity index (χ4v) is 6.13. The molecule has 1 atom stereocenters. The number of aromatic nitrogens is 6. The second kappa shape index (κ2) is 10.8. The van der Waals surface area contributed by atoms with Crippen LogP contribution in [-0.2, 0) is 13.1 Å². The number of nitrogens with zero attached hydrogens (tertiary/aromatic N) is 7. The van der Waals surface area contributed by atoms with E-state index < -0.39 is 0 Å². The molecule has 42 heavy (non-hydrogen) atoms. The summed E-state index contributed by atoms with van der Waals surface area (Å²) in [6.45, 7) is 5.33. The lowest BCUT2D eigenvalue weighted by molar-refractivity contribution is 0.0707. The Morgan fingerprint density at radius 1 is 1.14 bits per heavy atom. The van der Waals surface area contributed by atoms with Gasteiger partial charge in [-0.15, -0.1) is 0 Å². The molecule has 11 nitrogen and oxygen atoms in total. The Kier molecular flexibility index (Phi) is 6.81.